The zero-order chi connectivity index (χ0) is 13.8. The Morgan fingerprint density at radius 2 is 1.58 bits per heavy atom. The second kappa shape index (κ2) is 5.61. The average molecular weight is 254 g/mol. The third-order valence-electron chi connectivity index (χ3n) is 3.01. The number of phenols is 2. The van der Waals surface area contributed by atoms with Crippen LogP contribution in [-0.4, -0.2) is 10.2 Å². The molecule has 2 aromatic carbocycles. The van der Waals surface area contributed by atoms with E-state index in [1.807, 2.05) is 30.4 Å². The van der Waals surface area contributed by atoms with E-state index < -0.39 is 0 Å². The van der Waals surface area contributed by atoms with E-state index in [9.17, 15) is 10.2 Å². The second-order valence-corrected chi connectivity index (χ2v) is 4.90. The Morgan fingerprint density at radius 1 is 0.895 bits per heavy atom. The summed E-state index contributed by atoms with van der Waals surface area (Å²) < 4.78 is 0. The van der Waals surface area contributed by atoms with Gasteiger partial charge in [0.2, 0.25) is 0 Å². The van der Waals surface area contributed by atoms with Gasteiger partial charge >= 0.3 is 0 Å². The third kappa shape index (κ3) is 3.38. The fourth-order valence-corrected chi connectivity index (χ4v) is 1.97. The van der Waals surface area contributed by atoms with Gasteiger partial charge in [-0.1, -0.05) is 50.3 Å². The van der Waals surface area contributed by atoms with E-state index in [1.54, 1.807) is 24.3 Å². The number of benzene rings is 2. The Labute approximate surface area is 113 Å². The van der Waals surface area contributed by atoms with Gasteiger partial charge in [0.1, 0.15) is 11.5 Å². The molecule has 0 unspecified atom stereocenters. The van der Waals surface area contributed by atoms with Crippen LogP contribution in [0.4, 0.5) is 0 Å². The molecule has 0 aliphatic carbocycles. The largest absolute Gasteiger partial charge is 0.508 e. The van der Waals surface area contributed by atoms with Gasteiger partial charge in [-0.3, -0.25) is 0 Å². The Balaban J connectivity index is 2.22. The molecule has 0 atom stereocenters. The SMILES string of the molecule is CC(C)c1ccc(/C=C/c2cccc(O)c2)cc1O. The molecule has 0 amide bonds. The van der Waals surface area contributed by atoms with Crippen molar-refractivity contribution in [3.05, 3.63) is 59.2 Å². The molecular formula is C17H18O2. The van der Waals surface area contributed by atoms with Gasteiger partial charge in [-0.05, 0) is 40.8 Å². The summed E-state index contributed by atoms with van der Waals surface area (Å²) in [5, 5.41) is 19.3. The minimum absolute atomic E-state index is 0.250. The minimum Gasteiger partial charge on any atom is -0.508 e. The van der Waals surface area contributed by atoms with Crippen LogP contribution >= 0.6 is 0 Å². The van der Waals surface area contributed by atoms with Crippen LogP contribution in [0.5, 0.6) is 11.5 Å². The van der Waals surface area contributed by atoms with Gasteiger partial charge in [0.05, 0.1) is 0 Å². The van der Waals surface area contributed by atoms with Gasteiger partial charge in [0.25, 0.3) is 0 Å². The van der Waals surface area contributed by atoms with Gasteiger partial charge < -0.3 is 10.2 Å². The average Bonchev–Trinajstić information content (AvgIpc) is 2.36. The molecule has 2 heteroatoms. The lowest BCUT2D eigenvalue weighted by Crippen LogP contribution is -1.88. The molecule has 0 aliphatic rings. The number of hydrogen-bond acceptors (Lipinski definition) is 2. The number of phenolic OH excluding ortho intramolecular Hbond substituents is 2. The van der Waals surface area contributed by atoms with E-state index in [-0.39, 0.29) is 5.75 Å². The molecule has 2 nitrogen and oxygen atoms in total. The van der Waals surface area contributed by atoms with Crippen LogP contribution in [0.2, 0.25) is 0 Å². The van der Waals surface area contributed by atoms with Crippen molar-refractivity contribution in [2.45, 2.75) is 19.8 Å². The van der Waals surface area contributed by atoms with Gasteiger partial charge in [0.15, 0.2) is 0 Å². The molecule has 0 bridgehead atoms. The molecule has 2 rings (SSSR count). The van der Waals surface area contributed by atoms with E-state index in [1.165, 1.54) is 0 Å². The maximum atomic E-state index is 9.93. The lowest BCUT2D eigenvalue weighted by molar-refractivity contribution is 0.464. The van der Waals surface area contributed by atoms with Crippen LogP contribution in [0.1, 0.15) is 36.5 Å². The topological polar surface area (TPSA) is 40.5 Å². The molecule has 19 heavy (non-hydrogen) atoms. The summed E-state index contributed by atoms with van der Waals surface area (Å²) in [6.45, 7) is 4.11. The molecule has 0 saturated carbocycles. The highest BCUT2D eigenvalue weighted by atomic mass is 16.3. The Kier molecular flexibility index (Phi) is 3.91. The summed E-state index contributed by atoms with van der Waals surface area (Å²) in [6.07, 6.45) is 3.82. The van der Waals surface area contributed by atoms with Crippen LogP contribution in [-0.2, 0) is 0 Å². The van der Waals surface area contributed by atoms with Crippen molar-refractivity contribution < 1.29 is 10.2 Å². The zero-order valence-electron chi connectivity index (χ0n) is 11.2. The highest BCUT2D eigenvalue weighted by Crippen LogP contribution is 2.27. The highest BCUT2D eigenvalue weighted by Gasteiger charge is 2.05. The van der Waals surface area contributed by atoms with Gasteiger partial charge in [-0.2, -0.15) is 0 Å². The van der Waals surface area contributed by atoms with Gasteiger partial charge in [0, 0.05) is 0 Å². The highest BCUT2D eigenvalue weighted by molar-refractivity contribution is 5.71. The van der Waals surface area contributed by atoms with E-state index in [2.05, 4.69) is 13.8 Å². The molecule has 0 saturated heterocycles. The lowest BCUT2D eigenvalue weighted by atomic mass is 10.00. The van der Waals surface area contributed by atoms with Crippen molar-refractivity contribution in [3.63, 3.8) is 0 Å². The molecule has 0 heterocycles. The molecule has 0 spiro atoms. The first-order chi connectivity index (χ1) is 9.06. The van der Waals surface area contributed by atoms with Crippen LogP contribution in [0, 0.1) is 0 Å². The zero-order valence-corrected chi connectivity index (χ0v) is 11.2. The molecule has 0 aliphatic heterocycles. The number of hydrogen-bond donors (Lipinski definition) is 2. The van der Waals surface area contributed by atoms with Crippen molar-refractivity contribution in [1.29, 1.82) is 0 Å². The third-order valence-corrected chi connectivity index (χ3v) is 3.01. The van der Waals surface area contributed by atoms with E-state index in [0.717, 1.165) is 16.7 Å². The molecule has 98 valence electrons. The number of aromatic hydroxyl groups is 2. The Morgan fingerprint density at radius 3 is 2.16 bits per heavy atom. The minimum atomic E-state index is 0.250. The Bertz CT molecular complexity index is 598. The summed E-state index contributed by atoms with van der Waals surface area (Å²) in [7, 11) is 0. The van der Waals surface area contributed by atoms with Crippen molar-refractivity contribution in [1.82, 2.24) is 0 Å². The summed E-state index contributed by atoms with van der Waals surface area (Å²) in [5.74, 6) is 0.886. The molecular weight excluding hydrogens is 236 g/mol. The quantitative estimate of drug-likeness (QED) is 0.797. The fourth-order valence-electron chi connectivity index (χ4n) is 1.97. The predicted molar refractivity (Wildman–Crippen MR) is 79.2 cm³/mol. The normalized spacial score (nSPS) is 11.3. The van der Waals surface area contributed by atoms with Crippen LogP contribution in [0.3, 0.4) is 0 Å². The van der Waals surface area contributed by atoms with Crippen molar-refractivity contribution in [2.24, 2.45) is 0 Å². The summed E-state index contributed by atoms with van der Waals surface area (Å²) in [5.41, 5.74) is 2.81. The molecule has 0 fully saturated rings. The first-order valence-corrected chi connectivity index (χ1v) is 6.36. The van der Waals surface area contributed by atoms with Crippen molar-refractivity contribution in [3.8, 4) is 11.5 Å². The first-order valence-electron chi connectivity index (χ1n) is 6.36. The van der Waals surface area contributed by atoms with Crippen molar-refractivity contribution >= 4 is 12.2 Å². The molecule has 0 radical (unpaired) electrons. The molecule has 2 aromatic rings. The maximum absolute atomic E-state index is 9.93. The molecule has 0 aromatic heterocycles. The summed E-state index contributed by atoms with van der Waals surface area (Å²) in [6, 6.07) is 12.7. The fraction of sp³-hybridized carbons (Fsp3) is 0.176. The van der Waals surface area contributed by atoms with Crippen LogP contribution in [0.25, 0.3) is 12.2 Å². The van der Waals surface area contributed by atoms with Crippen LogP contribution < -0.4 is 0 Å². The summed E-state index contributed by atoms with van der Waals surface area (Å²) >= 11 is 0. The van der Waals surface area contributed by atoms with E-state index in [0.29, 0.717) is 11.7 Å². The lowest BCUT2D eigenvalue weighted by Gasteiger charge is -2.08. The first kappa shape index (κ1) is 13.2. The van der Waals surface area contributed by atoms with Gasteiger partial charge in [-0.25, -0.2) is 0 Å². The van der Waals surface area contributed by atoms with E-state index >= 15 is 0 Å². The predicted octanol–water partition coefficient (Wildman–Crippen LogP) is 4.39. The second-order valence-electron chi connectivity index (χ2n) is 4.90. The smallest absolute Gasteiger partial charge is 0.119 e. The van der Waals surface area contributed by atoms with Crippen LogP contribution in [0.15, 0.2) is 42.5 Å². The molecule has 2 N–H and O–H groups in total. The number of rotatable bonds is 3. The summed E-state index contributed by atoms with van der Waals surface area (Å²) in [4.78, 5) is 0. The van der Waals surface area contributed by atoms with Crippen molar-refractivity contribution in [2.75, 3.05) is 0 Å². The monoisotopic (exact) mass is 254 g/mol. The van der Waals surface area contributed by atoms with Gasteiger partial charge in [-0.15, -0.1) is 0 Å². The van der Waals surface area contributed by atoms with E-state index in [4.69, 9.17) is 0 Å². The maximum Gasteiger partial charge on any atom is 0.119 e. The Hall–Kier alpha value is -2.22. The standard InChI is InChI=1S/C17H18O2/c1-12(2)16-9-8-14(11-17(16)19)7-6-13-4-3-5-15(18)10-13/h3-12,18-19H,1-2H3/b7-6+.